The van der Waals surface area contributed by atoms with Gasteiger partial charge in [-0.25, -0.2) is 0 Å². The lowest BCUT2D eigenvalue weighted by Crippen LogP contribution is -2.66. The van der Waals surface area contributed by atoms with Crippen LogP contribution in [0.15, 0.2) is 146 Å². The van der Waals surface area contributed by atoms with Crippen LogP contribution in [0.3, 0.4) is 0 Å². The van der Waals surface area contributed by atoms with E-state index in [1.54, 1.807) is 6.08 Å². The summed E-state index contributed by atoms with van der Waals surface area (Å²) in [6.45, 7) is 1.60. The number of hydrogen-bond donors (Lipinski definition) is 12. The first kappa shape index (κ1) is 92.9. The Bertz CT molecular complexity index is 2430. The number of rotatable bonds is 60. The van der Waals surface area contributed by atoms with Crippen LogP contribution in [-0.2, 0) is 33.2 Å². The molecular formula is C84H139NO18. The Hall–Kier alpha value is -4.33. The highest BCUT2D eigenvalue weighted by Gasteiger charge is 2.53. The van der Waals surface area contributed by atoms with Crippen LogP contribution in [0.5, 0.6) is 0 Å². The summed E-state index contributed by atoms with van der Waals surface area (Å²) in [5.41, 5.74) is 0. The van der Waals surface area contributed by atoms with E-state index in [2.05, 4.69) is 153 Å². The zero-order valence-corrected chi connectivity index (χ0v) is 62.7. The van der Waals surface area contributed by atoms with Crippen LogP contribution in [0.25, 0.3) is 0 Å². The molecule has 3 heterocycles. The van der Waals surface area contributed by atoms with Crippen LogP contribution in [0.2, 0.25) is 0 Å². The Morgan fingerprint density at radius 3 is 1.05 bits per heavy atom. The van der Waals surface area contributed by atoms with Crippen LogP contribution < -0.4 is 5.32 Å². The fraction of sp³-hybridized carbons (Fsp3) is 0.702. The Morgan fingerprint density at radius 1 is 0.359 bits per heavy atom. The molecule has 19 nitrogen and oxygen atoms in total. The number of ether oxygens (including phenoxy) is 6. The molecule has 1 amide bonds. The van der Waals surface area contributed by atoms with Crippen molar-refractivity contribution in [1.29, 1.82) is 0 Å². The third-order valence-electron chi connectivity index (χ3n) is 18.6. The highest BCUT2D eigenvalue weighted by Crippen LogP contribution is 2.33. The maximum atomic E-state index is 13.5. The molecule has 17 atom stereocenters. The van der Waals surface area contributed by atoms with Gasteiger partial charge >= 0.3 is 0 Å². The molecule has 588 valence electrons. The van der Waals surface area contributed by atoms with Gasteiger partial charge in [0.1, 0.15) is 73.2 Å². The lowest BCUT2D eigenvalue weighted by Gasteiger charge is -2.48. The molecule has 3 aliphatic rings. The number of aliphatic hydroxyl groups is 11. The molecule has 12 N–H and O–H groups in total. The number of allylic oxidation sites excluding steroid dienone is 23. The average Bonchev–Trinajstić information content (AvgIpc) is 0.782. The second kappa shape index (κ2) is 62.7. The van der Waals surface area contributed by atoms with Crippen LogP contribution >= 0.6 is 0 Å². The topological polar surface area (TPSA) is 307 Å². The van der Waals surface area contributed by atoms with Gasteiger partial charge in [-0.05, 0) is 103 Å². The predicted octanol–water partition coefficient (Wildman–Crippen LogP) is 13.1. The third kappa shape index (κ3) is 42.7. The van der Waals surface area contributed by atoms with Gasteiger partial charge in [0.25, 0.3) is 0 Å². The molecule has 103 heavy (non-hydrogen) atoms. The zero-order chi connectivity index (χ0) is 74.6. The maximum absolute atomic E-state index is 13.5. The van der Waals surface area contributed by atoms with Crippen molar-refractivity contribution in [2.45, 2.75) is 349 Å². The summed E-state index contributed by atoms with van der Waals surface area (Å²) in [6, 6.07) is -0.990. The molecule has 0 radical (unpaired) electrons. The quantitative estimate of drug-likeness (QED) is 0.0199. The Balaban J connectivity index is 1.35. The highest BCUT2D eigenvalue weighted by molar-refractivity contribution is 5.76. The van der Waals surface area contributed by atoms with Crippen LogP contribution in [-0.4, -0.2) is 193 Å². The molecule has 3 aliphatic heterocycles. The van der Waals surface area contributed by atoms with Crippen molar-refractivity contribution >= 4 is 5.91 Å². The van der Waals surface area contributed by atoms with E-state index in [-0.39, 0.29) is 18.9 Å². The lowest BCUT2D eigenvalue weighted by atomic mass is 9.96. The van der Waals surface area contributed by atoms with Gasteiger partial charge < -0.3 is 89.9 Å². The van der Waals surface area contributed by atoms with E-state index in [1.807, 2.05) is 6.08 Å². The maximum Gasteiger partial charge on any atom is 0.220 e. The second-order valence-corrected chi connectivity index (χ2v) is 27.4. The third-order valence-corrected chi connectivity index (χ3v) is 18.6. The first-order chi connectivity index (χ1) is 50.3. The summed E-state index contributed by atoms with van der Waals surface area (Å²) in [5, 5.41) is 121. The number of carbonyl (C=O) groups excluding carboxylic acids is 1. The average molecular weight is 1450 g/mol. The molecule has 3 saturated heterocycles. The van der Waals surface area contributed by atoms with Crippen LogP contribution in [0.4, 0.5) is 0 Å². The van der Waals surface area contributed by atoms with Crippen molar-refractivity contribution in [3.05, 3.63) is 146 Å². The van der Waals surface area contributed by atoms with E-state index in [0.717, 1.165) is 141 Å². The van der Waals surface area contributed by atoms with Gasteiger partial charge in [0, 0.05) is 6.42 Å². The number of aliphatic hydroxyl groups excluding tert-OH is 11. The fourth-order valence-electron chi connectivity index (χ4n) is 12.3. The number of hydrogen-bond acceptors (Lipinski definition) is 18. The van der Waals surface area contributed by atoms with Crippen LogP contribution in [0, 0.1) is 0 Å². The molecule has 19 heteroatoms. The second-order valence-electron chi connectivity index (χ2n) is 27.4. The zero-order valence-electron chi connectivity index (χ0n) is 62.7. The predicted molar refractivity (Wildman–Crippen MR) is 410 cm³/mol. The first-order valence-electron chi connectivity index (χ1n) is 39.6. The number of unbranched alkanes of at least 4 members (excludes halogenated alkanes) is 22. The summed E-state index contributed by atoms with van der Waals surface area (Å²) < 4.78 is 34.4. The van der Waals surface area contributed by atoms with Gasteiger partial charge in [0.15, 0.2) is 18.9 Å². The Kier molecular flexibility index (Phi) is 56.5. The molecule has 3 fully saturated rings. The van der Waals surface area contributed by atoms with E-state index in [9.17, 15) is 61.0 Å². The minimum absolute atomic E-state index is 0.221. The van der Waals surface area contributed by atoms with Crippen molar-refractivity contribution in [1.82, 2.24) is 5.32 Å². The summed E-state index contributed by atoms with van der Waals surface area (Å²) in [6.07, 6.45) is 63.9. The molecule has 3 rings (SSSR count). The van der Waals surface area contributed by atoms with Gasteiger partial charge in [0.05, 0.1) is 38.6 Å². The number of amides is 1. The van der Waals surface area contributed by atoms with Gasteiger partial charge in [-0.2, -0.15) is 0 Å². The molecule has 0 aromatic rings. The minimum atomic E-state index is -1.99. The fourth-order valence-corrected chi connectivity index (χ4v) is 12.3. The molecule has 0 bridgehead atoms. The van der Waals surface area contributed by atoms with E-state index in [0.29, 0.717) is 6.42 Å². The highest BCUT2D eigenvalue weighted by atomic mass is 16.8. The normalized spacial score (nSPS) is 26.9. The van der Waals surface area contributed by atoms with Gasteiger partial charge in [-0.15, -0.1) is 0 Å². The molecule has 17 unspecified atom stereocenters. The number of carbonyl (C=O) groups is 1. The molecular weight excluding hydrogens is 1310 g/mol. The summed E-state index contributed by atoms with van der Waals surface area (Å²) >= 11 is 0. The van der Waals surface area contributed by atoms with Gasteiger partial charge in [0.2, 0.25) is 5.91 Å². The van der Waals surface area contributed by atoms with Crippen LogP contribution in [0.1, 0.15) is 245 Å². The monoisotopic (exact) mass is 1450 g/mol. The summed E-state index contributed by atoms with van der Waals surface area (Å²) in [7, 11) is 0. The van der Waals surface area contributed by atoms with Crippen molar-refractivity contribution in [2.75, 3.05) is 26.4 Å². The minimum Gasteiger partial charge on any atom is -0.394 e. The van der Waals surface area contributed by atoms with E-state index in [1.165, 1.54) is 77.0 Å². The first-order valence-corrected chi connectivity index (χ1v) is 39.6. The lowest BCUT2D eigenvalue weighted by molar-refractivity contribution is -0.379. The molecule has 0 aliphatic carbocycles. The molecule has 0 aromatic heterocycles. The van der Waals surface area contributed by atoms with E-state index in [4.69, 9.17) is 28.4 Å². The van der Waals surface area contributed by atoms with Gasteiger partial charge in [-0.1, -0.05) is 282 Å². The van der Waals surface area contributed by atoms with E-state index < -0.39 is 124 Å². The van der Waals surface area contributed by atoms with Crippen molar-refractivity contribution in [2.24, 2.45) is 0 Å². The smallest absolute Gasteiger partial charge is 0.220 e. The Labute approximate surface area is 619 Å². The van der Waals surface area contributed by atoms with Crippen molar-refractivity contribution in [3.8, 4) is 0 Å². The standard InChI is InChI=1S/C84H139NO18/c1-3-5-7-9-11-13-15-17-19-21-22-23-24-25-26-27-28-29-30-31-32-33-34-35-36-37-38-39-40-41-42-43-44-46-48-50-52-54-56-58-60-62-72(90)85-67(68(89)61-59-57-55-53-51-49-47-45-20-18-16-14-12-10-8-6-4-2)66-98-82-78(96)75(93)80(70(64-87)100-82)103-84-79(97)76(94)81(71(65-88)101-84)102-83-77(95)74(92)73(91)69(63-86)99-83/h5,7,11,13,17,19,22-23,25-26,28-29,31-32,34-35,37-38,40-41,43-44,59,61,67-71,73-84,86-89,91-97H,3-4,6,8-10,12,14-16,18,20-21,24,27,30,33,36,39,42,45-58,60,62-66H2,1-2H3,(H,85,90)/b7-5-,13-11-,19-17-,23-22-,26-25-,29-28-,32-31-,35-34-,38-37-,41-40-,44-43-,61-59+. The molecule has 0 aromatic carbocycles. The molecule has 0 saturated carbocycles. The Morgan fingerprint density at radius 2 is 0.670 bits per heavy atom. The SMILES string of the molecule is CC/C=C\C/C=C\C/C=C\C/C=C\C/C=C\C/C=C\C/C=C\C/C=C\C/C=C\C/C=C\C/C=C\CCCCCCCCCC(=O)NC(COC1OC(CO)C(OC2OC(CO)C(OC3OC(CO)C(O)C(O)C3O)C(O)C2O)C(O)C1O)C(O)/C=C/CCCCCCCCCCCCCCCCC. The van der Waals surface area contributed by atoms with Crippen molar-refractivity contribution < 1.29 is 89.4 Å². The molecule has 0 spiro atoms. The summed E-state index contributed by atoms with van der Waals surface area (Å²) in [5.74, 6) is -0.292. The number of nitrogens with one attached hydrogen (secondary N) is 1. The van der Waals surface area contributed by atoms with Gasteiger partial charge in [-0.3, -0.25) is 4.79 Å². The van der Waals surface area contributed by atoms with E-state index >= 15 is 0 Å². The van der Waals surface area contributed by atoms with Crippen molar-refractivity contribution in [3.63, 3.8) is 0 Å². The summed E-state index contributed by atoms with van der Waals surface area (Å²) in [4.78, 5) is 13.5. The largest absolute Gasteiger partial charge is 0.394 e.